The summed E-state index contributed by atoms with van der Waals surface area (Å²) >= 11 is 0. The van der Waals surface area contributed by atoms with Gasteiger partial charge in [-0.05, 0) is 60.8 Å². The summed E-state index contributed by atoms with van der Waals surface area (Å²) in [5, 5.41) is 0. The van der Waals surface area contributed by atoms with Crippen molar-refractivity contribution in [3.05, 3.63) is 0 Å². The molecule has 0 bridgehead atoms. The largest absolute Gasteiger partial charge is 0.307 e. The predicted molar refractivity (Wildman–Crippen MR) is 64.8 cm³/mol. The van der Waals surface area contributed by atoms with Gasteiger partial charge in [-0.3, -0.25) is 4.90 Å². The average molecular weight is 200 g/mol. The van der Waals surface area contributed by atoms with Crippen molar-refractivity contribution < 1.29 is 0 Å². The maximum absolute atomic E-state index is 2.56. The minimum absolute atomic E-state index is 0.668. The molecule has 0 aliphatic heterocycles. The third kappa shape index (κ3) is 5.61. The highest BCUT2D eigenvalue weighted by Gasteiger charge is 2.12. The predicted octanol–water partition coefficient (Wildman–Crippen LogP) is 2.45. The van der Waals surface area contributed by atoms with Crippen molar-refractivity contribution in [2.24, 2.45) is 0 Å². The fourth-order valence-electron chi connectivity index (χ4n) is 1.79. The minimum Gasteiger partial charge on any atom is -0.307 e. The Morgan fingerprint density at radius 3 is 1.79 bits per heavy atom. The first kappa shape index (κ1) is 13.9. The molecule has 0 fully saturated rings. The molecule has 0 atom stereocenters. The lowest BCUT2D eigenvalue weighted by molar-refractivity contribution is 0.165. The van der Waals surface area contributed by atoms with Crippen molar-refractivity contribution in [1.29, 1.82) is 0 Å². The van der Waals surface area contributed by atoms with Crippen molar-refractivity contribution in [3.8, 4) is 0 Å². The number of hydrogen-bond donors (Lipinski definition) is 0. The standard InChI is InChI=1S/C12H28N2/c1-7-13(6)9-8-10-14(11(2)3)12(4)5/h11-12H,7-10H2,1-6H3. The minimum atomic E-state index is 0.668. The van der Waals surface area contributed by atoms with Crippen LogP contribution in [0.1, 0.15) is 41.0 Å². The zero-order valence-electron chi connectivity index (χ0n) is 10.9. The molecular formula is C12H28N2. The lowest BCUT2D eigenvalue weighted by atomic mass is 10.2. The second-order valence-corrected chi connectivity index (χ2v) is 4.67. The first-order valence-corrected chi connectivity index (χ1v) is 5.93. The van der Waals surface area contributed by atoms with Gasteiger partial charge in [0.05, 0.1) is 0 Å². The van der Waals surface area contributed by atoms with E-state index in [-0.39, 0.29) is 0 Å². The molecule has 0 radical (unpaired) electrons. The summed E-state index contributed by atoms with van der Waals surface area (Å²) in [5.41, 5.74) is 0. The Balaban J connectivity index is 3.72. The summed E-state index contributed by atoms with van der Waals surface area (Å²) in [7, 11) is 2.19. The van der Waals surface area contributed by atoms with Crippen LogP contribution in [0.25, 0.3) is 0 Å². The summed E-state index contributed by atoms with van der Waals surface area (Å²) in [4.78, 5) is 4.93. The average Bonchev–Trinajstić information content (AvgIpc) is 2.10. The Kier molecular flexibility index (Phi) is 7.20. The van der Waals surface area contributed by atoms with E-state index in [1.165, 1.54) is 19.5 Å². The molecule has 86 valence electrons. The molecule has 2 heteroatoms. The lowest BCUT2D eigenvalue weighted by Crippen LogP contribution is -2.38. The highest BCUT2D eigenvalue weighted by atomic mass is 15.2. The fraction of sp³-hybridized carbons (Fsp3) is 1.00. The zero-order valence-corrected chi connectivity index (χ0v) is 10.9. The van der Waals surface area contributed by atoms with Crippen LogP contribution in [0.15, 0.2) is 0 Å². The van der Waals surface area contributed by atoms with Crippen molar-refractivity contribution in [3.63, 3.8) is 0 Å². The van der Waals surface area contributed by atoms with Crippen molar-refractivity contribution in [2.45, 2.75) is 53.1 Å². The summed E-state index contributed by atoms with van der Waals surface area (Å²) < 4.78 is 0. The van der Waals surface area contributed by atoms with Crippen LogP contribution in [0.3, 0.4) is 0 Å². The first-order chi connectivity index (χ1) is 6.49. The molecule has 0 aromatic carbocycles. The Morgan fingerprint density at radius 2 is 1.43 bits per heavy atom. The molecule has 0 aliphatic carbocycles. The van der Waals surface area contributed by atoms with Gasteiger partial charge in [0.25, 0.3) is 0 Å². The van der Waals surface area contributed by atoms with Crippen molar-refractivity contribution >= 4 is 0 Å². The molecule has 2 nitrogen and oxygen atoms in total. The summed E-state index contributed by atoms with van der Waals surface area (Å²) in [6.07, 6.45) is 1.28. The molecular weight excluding hydrogens is 172 g/mol. The summed E-state index contributed by atoms with van der Waals surface area (Å²) in [5.74, 6) is 0. The zero-order chi connectivity index (χ0) is 11.1. The van der Waals surface area contributed by atoms with Gasteiger partial charge in [0.1, 0.15) is 0 Å². The molecule has 0 unspecified atom stereocenters. The van der Waals surface area contributed by atoms with Crippen LogP contribution in [-0.2, 0) is 0 Å². The fourth-order valence-corrected chi connectivity index (χ4v) is 1.79. The highest BCUT2D eigenvalue weighted by molar-refractivity contribution is 4.67. The molecule has 0 aromatic rings. The third-order valence-corrected chi connectivity index (χ3v) is 2.82. The molecule has 0 aliphatic rings. The smallest absolute Gasteiger partial charge is 0.00413 e. The van der Waals surface area contributed by atoms with Gasteiger partial charge < -0.3 is 4.90 Å². The van der Waals surface area contributed by atoms with Gasteiger partial charge >= 0.3 is 0 Å². The normalized spacial score (nSPS) is 12.4. The van der Waals surface area contributed by atoms with Crippen LogP contribution in [0.2, 0.25) is 0 Å². The van der Waals surface area contributed by atoms with Gasteiger partial charge in [0, 0.05) is 12.1 Å². The van der Waals surface area contributed by atoms with Gasteiger partial charge in [-0.1, -0.05) is 6.92 Å². The van der Waals surface area contributed by atoms with Gasteiger partial charge in [-0.2, -0.15) is 0 Å². The number of rotatable bonds is 7. The lowest BCUT2D eigenvalue weighted by Gasteiger charge is -2.31. The molecule has 0 N–H and O–H groups in total. The molecule has 0 heterocycles. The van der Waals surface area contributed by atoms with Gasteiger partial charge in [0.2, 0.25) is 0 Å². The van der Waals surface area contributed by atoms with E-state index in [0.717, 1.165) is 6.54 Å². The Morgan fingerprint density at radius 1 is 0.929 bits per heavy atom. The van der Waals surface area contributed by atoms with E-state index < -0.39 is 0 Å². The van der Waals surface area contributed by atoms with Gasteiger partial charge in [-0.25, -0.2) is 0 Å². The third-order valence-electron chi connectivity index (χ3n) is 2.82. The van der Waals surface area contributed by atoms with Crippen molar-refractivity contribution in [2.75, 3.05) is 26.7 Å². The van der Waals surface area contributed by atoms with E-state index in [4.69, 9.17) is 0 Å². The maximum atomic E-state index is 2.56. The Bertz CT molecular complexity index is 124. The molecule has 14 heavy (non-hydrogen) atoms. The Labute approximate surface area is 90.3 Å². The van der Waals surface area contributed by atoms with Crippen LogP contribution in [0, 0.1) is 0 Å². The molecule has 0 aromatic heterocycles. The van der Waals surface area contributed by atoms with Crippen LogP contribution >= 0.6 is 0 Å². The highest BCUT2D eigenvalue weighted by Crippen LogP contribution is 2.05. The summed E-state index contributed by atoms with van der Waals surface area (Å²) in [6, 6.07) is 1.34. The number of hydrogen-bond acceptors (Lipinski definition) is 2. The van der Waals surface area contributed by atoms with Gasteiger partial charge in [0.15, 0.2) is 0 Å². The summed E-state index contributed by atoms with van der Waals surface area (Å²) in [6.45, 7) is 14.9. The first-order valence-electron chi connectivity index (χ1n) is 5.93. The molecule has 0 saturated heterocycles. The molecule has 0 rings (SSSR count). The Hall–Kier alpha value is -0.0800. The molecule has 0 spiro atoms. The molecule has 0 saturated carbocycles. The maximum Gasteiger partial charge on any atom is 0.00413 e. The second kappa shape index (κ2) is 7.24. The van der Waals surface area contributed by atoms with E-state index >= 15 is 0 Å². The topological polar surface area (TPSA) is 6.48 Å². The second-order valence-electron chi connectivity index (χ2n) is 4.67. The van der Waals surface area contributed by atoms with Gasteiger partial charge in [-0.15, -0.1) is 0 Å². The number of nitrogens with zero attached hydrogens (tertiary/aromatic N) is 2. The van der Waals surface area contributed by atoms with E-state index in [9.17, 15) is 0 Å². The monoisotopic (exact) mass is 200 g/mol. The van der Waals surface area contributed by atoms with Crippen LogP contribution in [0.4, 0.5) is 0 Å². The van der Waals surface area contributed by atoms with Crippen molar-refractivity contribution in [1.82, 2.24) is 9.80 Å². The molecule has 0 amide bonds. The van der Waals surface area contributed by atoms with E-state index in [1.54, 1.807) is 0 Å². The SMILES string of the molecule is CCN(C)CCCN(C(C)C)C(C)C. The van der Waals surface area contributed by atoms with E-state index in [2.05, 4.69) is 51.5 Å². The van der Waals surface area contributed by atoms with E-state index in [0.29, 0.717) is 12.1 Å². The van der Waals surface area contributed by atoms with Crippen LogP contribution < -0.4 is 0 Å². The van der Waals surface area contributed by atoms with Crippen LogP contribution in [-0.4, -0.2) is 48.6 Å². The van der Waals surface area contributed by atoms with Crippen LogP contribution in [0.5, 0.6) is 0 Å². The van der Waals surface area contributed by atoms with E-state index in [1.807, 2.05) is 0 Å². The quantitative estimate of drug-likeness (QED) is 0.623.